The molecule has 8 aromatic carbocycles. The van der Waals surface area contributed by atoms with Crippen molar-refractivity contribution < 1.29 is 0 Å². The Bertz CT molecular complexity index is 2910. The van der Waals surface area contributed by atoms with Crippen LogP contribution in [0.15, 0.2) is 176 Å². The van der Waals surface area contributed by atoms with Gasteiger partial charge in [-0.3, -0.25) is 0 Å². The Hall–Kier alpha value is -6.71. The molecule has 0 radical (unpaired) electrons. The molecule has 0 saturated heterocycles. The monoisotopic (exact) mass is 635 g/mol. The van der Waals surface area contributed by atoms with E-state index in [9.17, 15) is 0 Å². The molecule has 0 bridgehead atoms. The van der Waals surface area contributed by atoms with Gasteiger partial charge in [0.1, 0.15) is 0 Å². The summed E-state index contributed by atoms with van der Waals surface area (Å²) in [6.45, 7) is 0. The molecule has 2 heterocycles. The first-order valence-corrected chi connectivity index (χ1v) is 16.9. The van der Waals surface area contributed by atoms with Gasteiger partial charge in [-0.2, -0.15) is 0 Å². The molecule has 0 spiro atoms. The molecule has 0 saturated carbocycles. The molecule has 0 aliphatic carbocycles. The predicted octanol–water partition coefficient (Wildman–Crippen LogP) is 12.3. The summed E-state index contributed by atoms with van der Waals surface area (Å²) in [6, 6.07) is 62.1. The molecule has 50 heavy (non-hydrogen) atoms. The highest BCUT2D eigenvalue weighted by Gasteiger charge is 2.17. The van der Waals surface area contributed by atoms with Crippen molar-refractivity contribution in [3.05, 3.63) is 176 Å². The number of aromatic nitrogens is 3. The van der Waals surface area contributed by atoms with E-state index >= 15 is 0 Å². The van der Waals surface area contributed by atoms with Crippen LogP contribution in [-0.4, -0.2) is 15.0 Å². The molecule has 0 amide bonds. The molecule has 0 atom stereocenters. The minimum Gasteiger partial charge on any atom is -0.247 e. The number of nitrogens with zero attached hydrogens (tertiary/aromatic N) is 3. The number of pyridine rings is 1. The maximum absolute atomic E-state index is 5.30. The fourth-order valence-corrected chi connectivity index (χ4v) is 7.41. The first kappa shape index (κ1) is 28.3. The van der Waals surface area contributed by atoms with Crippen LogP contribution in [-0.2, 0) is 0 Å². The van der Waals surface area contributed by atoms with Gasteiger partial charge in [0, 0.05) is 43.6 Å². The van der Waals surface area contributed by atoms with E-state index in [1.807, 2.05) is 0 Å². The largest absolute Gasteiger partial charge is 0.247 e. The minimum absolute atomic E-state index is 0.705. The van der Waals surface area contributed by atoms with Crippen LogP contribution in [0.25, 0.3) is 99.2 Å². The second-order valence-corrected chi connectivity index (χ2v) is 12.8. The average molecular weight is 636 g/mol. The number of rotatable bonds is 4. The van der Waals surface area contributed by atoms with E-state index < -0.39 is 0 Å². The van der Waals surface area contributed by atoms with Crippen molar-refractivity contribution in [3.63, 3.8) is 0 Å². The van der Waals surface area contributed by atoms with Crippen LogP contribution in [0.5, 0.6) is 0 Å². The van der Waals surface area contributed by atoms with Crippen LogP contribution < -0.4 is 0 Å². The molecule has 0 fully saturated rings. The summed E-state index contributed by atoms with van der Waals surface area (Å²) in [7, 11) is 0. The number of benzene rings is 8. The van der Waals surface area contributed by atoms with Gasteiger partial charge in [-0.15, -0.1) is 0 Å². The lowest BCUT2D eigenvalue weighted by Crippen LogP contribution is -1.96. The fourth-order valence-electron chi connectivity index (χ4n) is 7.41. The standard InChI is InChI=1S/C47H29N3/c1-2-11-30(12-3-1)35-15-10-16-36(29-35)44-41-28-26-32-14-5-7-18-38(32)46(41)50-47(49-44)34-23-21-33(22-24-34)43-39-19-8-9-20-42(39)48-45-37-17-6-4-13-31(37)25-27-40(43)45/h1-29H. The fraction of sp³-hybridized carbons (Fsp3) is 0. The van der Waals surface area contributed by atoms with Crippen molar-refractivity contribution in [1.29, 1.82) is 0 Å². The van der Waals surface area contributed by atoms with Crippen LogP contribution >= 0.6 is 0 Å². The zero-order valence-electron chi connectivity index (χ0n) is 27.1. The van der Waals surface area contributed by atoms with Crippen LogP contribution in [0.3, 0.4) is 0 Å². The van der Waals surface area contributed by atoms with Crippen molar-refractivity contribution in [3.8, 4) is 44.9 Å². The molecule has 10 aromatic rings. The van der Waals surface area contributed by atoms with E-state index in [4.69, 9.17) is 15.0 Å². The van der Waals surface area contributed by atoms with Gasteiger partial charge in [0.2, 0.25) is 0 Å². The van der Waals surface area contributed by atoms with E-state index in [1.165, 1.54) is 16.5 Å². The quantitative estimate of drug-likeness (QED) is 0.143. The second kappa shape index (κ2) is 11.5. The SMILES string of the molecule is c1ccc(-c2cccc(-c3nc(-c4ccc(-c5c6ccccc6nc6c5ccc5ccccc56)cc4)nc4c3ccc3ccccc34)c2)cc1. The van der Waals surface area contributed by atoms with Crippen molar-refractivity contribution in [2.24, 2.45) is 0 Å². The van der Waals surface area contributed by atoms with Gasteiger partial charge in [-0.05, 0) is 45.7 Å². The second-order valence-electron chi connectivity index (χ2n) is 12.8. The summed E-state index contributed by atoms with van der Waals surface area (Å²) in [5.41, 5.74) is 10.6. The van der Waals surface area contributed by atoms with Crippen molar-refractivity contribution in [1.82, 2.24) is 15.0 Å². The van der Waals surface area contributed by atoms with E-state index in [2.05, 4.69) is 176 Å². The van der Waals surface area contributed by atoms with Gasteiger partial charge in [0.25, 0.3) is 0 Å². The average Bonchev–Trinajstić information content (AvgIpc) is 3.20. The molecule has 232 valence electrons. The van der Waals surface area contributed by atoms with E-state index in [0.29, 0.717) is 5.82 Å². The van der Waals surface area contributed by atoms with Crippen LogP contribution in [0.4, 0.5) is 0 Å². The van der Waals surface area contributed by atoms with E-state index in [0.717, 1.165) is 76.8 Å². The third-order valence-corrected chi connectivity index (χ3v) is 9.84. The number of hydrogen-bond acceptors (Lipinski definition) is 3. The molecule has 3 nitrogen and oxygen atoms in total. The van der Waals surface area contributed by atoms with Gasteiger partial charge in [0.15, 0.2) is 5.82 Å². The Morgan fingerprint density at radius 3 is 1.64 bits per heavy atom. The van der Waals surface area contributed by atoms with Gasteiger partial charge in [0.05, 0.1) is 22.2 Å². The maximum atomic E-state index is 5.30. The van der Waals surface area contributed by atoms with E-state index in [-0.39, 0.29) is 0 Å². The number of hydrogen-bond donors (Lipinski definition) is 0. The van der Waals surface area contributed by atoms with E-state index in [1.54, 1.807) is 0 Å². The first-order chi connectivity index (χ1) is 24.8. The van der Waals surface area contributed by atoms with Crippen LogP contribution in [0.2, 0.25) is 0 Å². The lowest BCUT2D eigenvalue weighted by molar-refractivity contribution is 1.23. The number of para-hydroxylation sites is 1. The summed E-state index contributed by atoms with van der Waals surface area (Å²) in [5, 5.41) is 7.95. The molecular formula is C47H29N3. The summed E-state index contributed by atoms with van der Waals surface area (Å²) < 4.78 is 0. The van der Waals surface area contributed by atoms with Crippen LogP contribution in [0.1, 0.15) is 0 Å². The third-order valence-electron chi connectivity index (χ3n) is 9.84. The Balaban J connectivity index is 1.17. The maximum Gasteiger partial charge on any atom is 0.160 e. The van der Waals surface area contributed by atoms with Gasteiger partial charge in [-0.1, -0.05) is 158 Å². The predicted molar refractivity (Wildman–Crippen MR) is 209 cm³/mol. The minimum atomic E-state index is 0.705. The lowest BCUT2D eigenvalue weighted by Gasteiger charge is -2.14. The smallest absolute Gasteiger partial charge is 0.160 e. The summed E-state index contributed by atoms with van der Waals surface area (Å²) in [4.78, 5) is 15.7. The van der Waals surface area contributed by atoms with Gasteiger partial charge < -0.3 is 0 Å². The summed E-state index contributed by atoms with van der Waals surface area (Å²) in [6.07, 6.45) is 0. The molecular weight excluding hydrogens is 607 g/mol. The van der Waals surface area contributed by atoms with Crippen molar-refractivity contribution >= 4 is 54.3 Å². The molecule has 0 aliphatic heterocycles. The third kappa shape index (κ3) is 4.63. The Labute approximate surface area is 289 Å². The van der Waals surface area contributed by atoms with Crippen LogP contribution in [0, 0.1) is 0 Å². The Morgan fingerprint density at radius 2 is 0.880 bits per heavy atom. The van der Waals surface area contributed by atoms with Gasteiger partial charge in [-0.25, -0.2) is 15.0 Å². The zero-order chi connectivity index (χ0) is 33.0. The molecule has 3 heteroatoms. The number of fused-ring (bicyclic) bond motifs is 7. The zero-order valence-corrected chi connectivity index (χ0v) is 27.1. The van der Waals surface area contributed by atoms with Gasteiger partial charge >= 0.3 is 0 Å². The van der Waals surface area contributed by atoms with Crippen molar-refractivity contribution in [2.75, 3.05) is 0 Å². The molecule has 10 rings (SSSR count). The molecule has 2 aromatic heterocycles. The lowest BCUT2D eigenvalue weighted by atomic mass is 9.93. The highest BCUT2D eigenvalue weighted by atomic mass is 14.9. The Kier molecular flexibility index (Phi) is 6.49. The molecule has 0 unspecified atom stereocenters. The summed E-state index contributed by atoms with van der Waals surface area (Å²) in [5.74, 6) is 0.705. The summed E-state index contributed by atoms with van der Waals surface area (Å²) >= 11 is 0. The topological polar surface area (TPSA) is 38.7 Å². The molecule has 0 aliphatic rings. The highest BCUT2D eigenvalue weighted by Crippen LogP contribution is 2.39. The van der Waals surface area contributed by atoms with Crippen molar-refractivity contribution in [2.45, 2.75) is 0 Å². The normalized spacial score (nSPS) is 11.6. The molecule has 0 N–H and O–H groups in total. The first-order valence-electron chi connectivity index (χ1n) is 16.9. The highest BCUT2D eigenvalue weighted by molar-refractivity contribution is 6.17. The Morgan fingerprint density at radius 1 is 0.300 bits per heavy atom.